The van der Waals surface area contributed by atoms with Crippen LogP contribution < -0.4 is 5.73 Å². The van der Waals surface area contributed by atoms with Crippen LogP contribution in [0, 0.1) is 6.92 Å². The van der Waals surface area contributed by atoms with Crippen LogP contribution in [0.15, 0.2) is 24.3 Å². The Morgan fingerprint density at radius 1 is 1.48 bits per heavy atom. The zero-order chi connectivity index (χ0) is 16.6. The zero-order valence-electron chi connectivity index (χ0n) is 13.1. The van der Waals surface area contributed by atoms with Crippen LogP contribution in [0.2, 0.25) is 5.02 Å². The van der Waals surface area contributed by atoms with E-state index in [2.05, 4.69) is 4.98 Å². The van der Waals surface area contributed by atoms with E-state index in [0.717, 1.165) is 28.7 Å². The summed E-state index contributed by atoms with van der Waals surface area (Å²) in [7, 11) is 0. The molecule has 0 bridgehead atoms. The number of nitrogens with two attached hydrogens (primary N) is 1. The molecule has 1 fully saturated rings. The van der Waals surface area contributed by atoms with E-state index in [0.29, 0.717) is 24.4 Å². The standard InChI is InChI=1S/C17H20ClN3O2/c1-11-12-5-2-3-6-13(12)20-14(15(11)18)9-21-8-4-7-17(23,10-21)16(19)22/h2-3,5-6,23H,4,7-10H2,1H3,(H2,19,22). The number of pyridine rings is 1. The lowest BCUT2D eigenvalue weighted by Gasteiger charge is -2.37. The number of nitrogens with zero attached hydrogens (tertiary/aromatic N) is 2. The third kappa shape index (κ3) is 3.04. The number of fused-ring (bicyclic) bond motifs is 1. The third-order valence-corrected chi connectivity index (χ3v) is 5.03. The number of amides is 1. The van der Waals surface area contributed by atoms with Gasteiger partial charge in [0.25, 0.3) is 5.91 Å². The molecule has 0 aliphatic carbocycles. The zero-order valence-corrected chi connectivity index (χ0v) is 13.8. The molecule has 3 N–H and O–H groups in total. The van der Waals surface area contributed by atoms with E-state index in [1.54, 1.807) is 0 Å². The Morgan fingerprint density at radius 3 is 2.96 bits per heavy atom. The van der Waals surface area contributed by atoms with Crippen molar-refractivity contribution in [2.75, 3.05) is 13.1 Å². The van der Waals surface area contributed by atoms with E-state index in [1.807, 2.05) is 36.1 Å². The van der Waals surface area contributed by atoms with Crippen molar-refractivity contribution in [3.05, 3.63) is 40.5 Å². The average molecular weight is 334 g/mol. The smallest absolute Gasteiger partial charge is 0.250 e. The molecule has 5 nitrogen and oxygen atoms in total. The van der Waals surface area contributed by atoms with Crippen LogP contribution in [-0.2, 0) is 11.3 Å². The topological polar surface area (TPSA) is 79.5 Å². The van der Waals surface area contributed by atoms with Gasteiger partial charge >= 0.3 is 0 Å². The summed E-state index contributed by atoms with van der Waals surface area (Å²) in [5, 5.41) is 12.0. The highest BCUT2D eigenvalue weighted by molar-refractivity contribution is 6.32. The first-order chi connectivity index (χ1) is 10.9. The van der Waals surface area contributed by atoms with Gasteiger partial charge in [0.1, 0.15) is 0 Å². The highest BCUT2D eigenvalue weighted by Gasteiger charge is 2.38. The Kier molecular flexibility index (Phi) is 4.27. The molecule has 1 aromatic heterocycles. The summed E-state index contributed by atoms with van der Waals surface area (Å²) in [4.78, 5) is 18.1. The number of primary amides is 1. The lowest BCUT2D eigenvalue weighted by atomic mass is 9.92. The van der Waals surface area contributed by atoms with Crippen LogP contribution in [-0.4, -0.2) is 39.6 Å². The summed E-state index contributed by atoms with van der Waals surface area (Å²) >= 11 is 6.48. The predicted molar refractivity (Wildman–Crippen MR) is 90.1 cm³/mol. The maximum atomic E-state index is 11.5. The number of likely N-dealkylation sites (tertiary alicyclic amines) is 1. The van der Waals surface area contributed by atoms with Crippen LogP contribution in [0.5, 0.6) is 0 Å². The number of carbonyl (C=O) groups is 1. The number of rotatable bonds is 3. The largest absolute Gasteiger partial charge is 0.379 e. The summed E-state index contributed by atoms with van der Waals surface area (Å²) in [6.45, 7) is 3.46. The Balaban J connectivity index is 1.90. The molecule has 1 atom stereocenters. The van der Waals surface area contributed by atoms with Gasteiger partial charge in [-0.15, -0.1) is 0 Å². The van der Waals surface area contributed by atoms with Crippen molar-refractivity contribution in [3.8, 4) is 0 Å². The van der Waals surface area contributed by atoms with E-state index in [-0.39, 0.29) is 6.54 Å². The maximum Gasteiger partial charge on any atom is 0.250 e. The van der Waals surface area contributed by atoms with Gasteiger partial charge in [-0.05, 0) is 37.9 Å². The fourth-order valence-electron chi connectivity index (χ4n) is 3.19. The van der Waals surface area contributed by atoms with Crippen LogP contribution in [0.25, 0.3) is 10.9 Å². The minimum Gasteiger partial charge on any atom is -0.379 e. The Bertz CT molecular complexity index is 765. The molecule has 1 aliphatic rings. The number of hydrogen-bond donors (Lipinski definition) is 2. The molecular weight excluding hydrogens is 314 g/mol. The first-order valence-corrected chi connectivity index (χ1v) is 8.07. The number of halogens is 1. The number of benzene rings is 1. The van der Waals surface area contributed by atoms with E-state index in [4.69, 9.17) is 17.3 Å². The fourth-order valence-corrected chi connectivity index (χ4v) is 3.40. The highest BCUT2D eigenvalue weighted by atomic mass is 35.5. The first kappa shape index (κ1) is 16.2. The molecule has 2 heterocycles. The van der Waals surface area contributed by atoms with Gasteiger partial charge < -0.3 is 10.8 Å². The van der Waals surface area contributed by atoms with E-state index in [1.165, 1.54) is 0 Å². The number of hydrogen-bond acceptors (Lipinski definition) is 4. The molecule has 0 radical (unpaired) electrons. The molecule has 1 unspecified atom stereocenters. The van der Waals surface area contributed by atoms with Gasteiger partial charge in [-0.2, -0.15) is 0 Å². The second-order valence-electron chi connectivity index (χ2n) is 6.22. The minimum absolute atomic E-state index is 0.215. The highest BCUT2D eigenvalue weighted by Crippen LogP contribution is 2.29. The van der Waals surface area contributed by atoms with E-state index < -0.39 is 11.5 Å². The first-order valence-electron chi connectivity index (χ1n) is 7.69. The quantitative estimate of drug-likeness (QED) is 0.900. The average Bonchev–Trinajstić information content (AvgIpc) is 2.52. The Labute approximate surface area is 140 Å². The van der Waals surface area contributed by atoms with Crippen molar-refractivity contribution >= 4 is 28.4 Å². The van der Waals surface area contributed by atoms with Crippen molar-refractivity contribution in [1.82, 2.24) is 9.88 Å². The van der Waals surface area contributed by atoms with Gasteiger partial charge in [0.15, 0.2) is 5.60 Å². The third-order valence-electron chi connectivity index (χ3n) is 4.53. The number of aliphatic hydroxyl groups is 1. The van der Waals surface area contributed by atoms with Gasteiger partial charge in [-0.25, -0.2) is 4.98 Å². The van der Waals surface area contributed by atoms with Gasteiger partial charge in [-0.3, -0.25) is 9.69 Å². The number of carbonyl (C=O) groups excluding carboxylic acids is 1. The molecule has 0 saturated carbocycles. The lowest BCUT2D eigenvalue weighted by molar-refractivity contribution is -0.142. The molecule has 1 aliphatic heterocycles. The molecule has 6 heteroatoms. The molecule has 2 aromatic rings. The normalized spacial score (nSPS) is 22.4. The van der Waals surface area contributed by atoms with Crippen LogP contribution in [0.3, 0.4) is 0 Å². The monoisotopic (exact) mass is 333 g/mol. The van der Waals surface area contributed by atoms with Crippen molar-refractivity contribution < 1.29 is 9.90 Å². The van der Waals surface area contributed by atoms with Gasteiger partial charge in [0.05, 0.1) is 16.2 Å². The van der Waals surface area contributed by atoms with Crippen molar-refractivity contribution in [1.29, 1.82) is 0 Å². The molecular formula is C17H20ClN3O2. The second-order valence-corrected chi connectivity index (χ2v) is 6.60. The number of aromatic nitrogens is 1. The number of para-hydroxylation sites is 1. The van der Waals surface area contributed by atoms with E-state index in [9.17, 15) is 9.90 Å². The Hall–Kier alpha value is -1.69. The van der Waals surface area contributed by atoms with Crippen molar-refractivity contribution in [2.24, 2.45) is 5.73 Å². The fraction of sp³-hybridized carbons (Fsp3) is 0.412. The van der Waals surface area contributed by atoms with Gasteiger partial charge in [0, 0.05) is 18.5 Å². The number of β-amino-alcohol motifs (C(OH)–C–C–N with tert-alkyl or cyclic N) is 1. The summed E-state index contributed by atoms with van der Waals surface area (Å²) in [5.74, 6) is -0.670. The number of piperidine rings is 1. The SMILES string of the molecule is Cc1c(Cl)c(CN2CCCC(O)(C(N)=O)C2)nc2ccccc12. The van der Waals surface area contributed by atoms with Crippen LogP contribution in [0.4, 0.5) is 0 Å². The van der Waals surface area contributed by atoms with Crippen LogP contribution in [0.1, 0.15) is 24.1 Å². The number of aryl methyl sites for hydroxylation is 1. The molecule has 3 rings (SSSR count). The second kappa shape index (κ2) is 6.07. The van der Waals surface area contributed by atoms with E-state index >= 15 is 0 Å². The molecule has 23 heavy (non-hydrogen) atoms. The molecule has 1 aromatic carbocycles. The summed E-state index contributed by atoms with van der Waals surface area (Å²) in [6, 6.07) is 7.86. The Morgan fingerprint density at radius 2 is 2.22 bits per heavy atom. The summed E-state index contributed by atoms with van der Waals surface area (Å²) in [5.41, 5.74) is 6.52. The van der Waals surface area contributed by atoms with Gasteiger partial charge in [-0.1, -0.05) is 29.8 Å². The lowest BCUT2D eigenvalue weighted by Crippen LogP contribution is -2.55. The van der Waals surface area contributed by atoms with Gasteiger partial charge in [0.2, 0.25) is 0 Å². The summed E-state index contributed by atoms with van der Waals surface area (Å²) < 4.78 is 0. The molecule has 0 spiro atoms. The molecule has 1 amide bonds. The molecule has 1 saturated heterocycles. The predicted octanol–water partition coefficient (Wildman–Crippen LogP) is 2.01. The summed E-state index contributed by atoms with van der Waals surface area (Å²) in [6.07, 6.45) is 1.11. The van der Waals surface area contributed by atoms with Crippen molar-refractivity contribution in [3.63, 3.8) is 0 Å². The molecule has 122 valence electrons. The van der Waals surface area contributed by atoms with Crippen LogP contribution >= 0.6 is 11.6 Å². The minimum atomic E-state index is -1.46. The maximum absolute atomic E-state index is 11.5. The van der Waals surface area contributed by atoms with Crippen molar-refractivity contribution in [2.45, 2.75) is 31.9 Å².